The van der Waals surface area contributed by atoms with Crippen LogP contribution in [0.3, 0.4) is 0 Å². The third-order valence-corrected chi connectivity index (χ3v) is 2.58. The van der Waals surface area contributed by atoms with Crippen LogP contribution in [0.1, 0.15) is 24.2 Å². The second-order valence-corrected chi connectivity index (χ2v) is 3.71. The predicted octanol–water partition coefficient (Wildman–Crippen LogP) is 0.665. The van der Waals surface area contributed by atoms with Gasteiger partial charge >= 0.3 is 5.69 Å². The molecule has 0 atom stereocenters. The SMILES string of the molecule is Cc1nnc(=O)n(CC2CC2)c1C. The van der Waals surface area contributed by atoms with Crippen LogP contribution in [-0.2, 0) is 6.54 Å². The molecule has 0 amide bonds. The summed E-state index contributed by atoms with van der Waals surface area (Å²) in [5.41, 5.74) is 1.59. The summed E-state index contributed by atoms with van der Waals surface area (Å²) in [6.45, 7) is 4.62. The van der Waals surface area contributed by atoms with E-state index < -0.39 is 0 Å². The van der Waals surface area contributed by atoms with Gasteiger partial charge in [-0.05, 0) is 32.6 Å². The minimum Gasteiger partial charge on any atom is -0.293 e. The molecule has 1 heterocycles. The van der Waals surface area contributed by atoms with Crippen LogP contribution < -0.4 is 5.69 Å². The van der Waals surface area contributed by atoms with E-state index in [1.54, 1.807) is 4.57 Å². The van der Waals surface area contributed by atoms with Crippen molar-refractivity contribution < 1.29 is 0 Å². The lowest BCUT2D eigenvalue weighted by atomic mass is 10.3. The van der Waals surface area contributed by atoms with Gasteiger partial charge < -0.3 is 0 Å². The fourth-order valence-electron chi connectivity index (χ4n) is 1.36. The van der Waals surface area contributed by atoms with E-state index in [1.807, 2.05) is 13.8 Å². The number of aromatic nitrogens is 3. The maximum Gasteiger partial charge on any atom is 0.366 e. The Morgan fingerprint density at radius 1 is 1.38 bits per heavy atom. The number of rotatable bonds is 2. The second-order valence-electron chi connectivity index (χ2n) is 3.71. The Kier molecular flexibility index (Phi) is 1.90. The van der Waals surface area contributed by atoms with Crippen molar-refractivity contribution in [2.45, 2.75) is 33.2 Å². The molecule has 0 bridgehead atoms. The molecule has 0 spiro atoms. The van der Waals surface area contributed by atoms with Gasteiger partial charge in [-0.25, -0.2) is 4.79 Å². The molecule has 4 nitrogen and oxygen atoms in total. The van der Waals surface area contributed by atoms with Crippen LogP contribution in [0.15, 0.2) is 4.79 Å². The summed E-state index contributed by atoms with van der Waals surface area (Å²) in [6.07, 6.45) is 2.49. The fraction of sp³-hybridized carbons (Fsp3) is 0.667. The van der Waals surface area contributed by atoms with E-state index in [0.717, 1.165) is 17.9 Å². The number of hydrogen-bond donors (Lipinski definition) is 0. The van der Waals surface area contributed by atoms with Crippen molar-refractivity contribution in [3.63, 3.8) is 0 Å². The first-order valence-electron chi connectivity index (χ1n) is 4.59. The molecule has 1 aromatic rings. The van der Waals surface area contributed by atoms with Crippen molar-refractivity contribution in [2.75, 3.05) is 0 Å². The number of aryl methyl sites for hydroxylation is 1. The summed E-state index contributed by atoms with van der Waals surface area (Å²) in [5, 5.41) is 7.36. The smallest absolute Gasteiger partial charge is 0.293 e. The van der Waals surface area contributed by atoms with Crippen molar-refractivity contribution >= 4 is 0 Å². The second kappa shape index (κ2) is 2.94. The van der Waals surface area contributed by atoms with Gasteiger partial charge in [-0.3, -0.25) is 4.57 Å². The molecule has 1 fully saturated rings. The molecule has 0 saturated heterocycles. The third-order valence-electron chi connectivity index (χ3n) is 2.58. The first-order valence-corrected chi connectivity index (χ1v) is 4.59. The van der Waals surface area contributed by atoms with Gasteiger partial charge in [-0.15, -0.1) is 5.10 Å². The van der Waals surface area contributed by atoms with Crippen LogP contribution >= 0.6 is 0 Å². The largest absolute Gasteiger partial charge is 0.366 e. The van der Waals surface area contributed by atoms with E-state index in [-0.39, 0.29) is 5.69 Å². The summed E-state index contributed by atoms with van der Waals surface area (Å²) < 4.78 is 1.74. The highest BCUT2D eigenvalue weighted by Gasteiger charge is 2.23. The van der Waals surface area contributed by atoms with Gasteiger partial charge in [0, 0.05) is 12.2 Å². The van der Waals surface area contributed by atoms with Gasteiger partial charge in [-0.2, -0.15) is 0 Å². The molecule has 1 aromatic heterocycles. The Bertz CT molecular complexity index is 379. The van der Waals surface area contributed by atoms with Crippen LogP contribution in [0.4, 0.5) is 0 Å². The molecule has 0 aromatic carbocycles. The molecule has 1 aliphatic carbocycles. The minimum absolute atomic E-state index is 0.213. The summed E-state index contributed by atoms with van der Waals surface area (Å²) in [6, 6.07) is 0. The van der Waals surface area contributed by atoms with Crippen molar-refractivity contribution in [2.24, 2.45) is 5.92 Å². The third kappa shape index (κ3) is 1.61. The average molecular weight is 179 g/mol. The van der Waals surface area contributed by atoms with E-state index >= 15 is 0 Å². The lowest BCUT2D eigenvalue weighted by Crippen LogP contribution is -2.27. The predicted molar refractivity (Wildman–Crippen MR) is 48.5 cm³/mol. The van der Waals surface area contributed by atoms with Crippen molar-refractivity contribution in [3.05, 3.63) is 21.9 Å². The van der Waals surface area contributed by atoms with E-state index in [0.29, 0.717) is 5.92 Å². The molecule has 1 saturated carbocycles. The van der Waals surface area contributed by atoms with Gasteiger partial charge in [0.2, 0.25) is 0 Å². The maximum absolute atomic E-state index is 11.3. The lowest BCUT2D eigenvalue weighted by Gasteiger charge is -2.08. The molecule has 13 heavy (non-hydrogen) atoms. The van der Waals surface area contributed by atoms with Crippen molar-refractivity contribution in [1.82, 2.24) is 14.8 Å². The first kappa shape index (κ1) is 8.41. The highest BCUT2D eigenvalue weighted by Crippen LogP contribution is 2.30. The fourth-order valence-corrected chi connectivity index (χ4v) is 1.36. The Hall–Kier alpha value is -1.19. The maximum atomic E-state index is 11.3. The van der Waals surface area contributed by atoms with Gasteiger partial charge in [0.05, 0.1) is 5.69 Å². The van der Waals surface area contributed by atoms with E-state index in [4.69, 9.17) is 0 Å². The monoisotopic (exact) mass is 179 g/mol. The van der Waals surface area contributed by atoms with Gasteiger partial charge in [0.15, 0.2) is 0 Å². The van der Waals surface area contributed by atoms with Crippen LogP contribution in [0.5, 0.6) is 0 Å². The molecule has 2 rings (SSSR count). The molecule has 0 unspecified atom stereocenters. The van der Waals surface area contributed by atoms with Crippen LogP contribution in [0, 0.1) is 19.8 Å². The van der Waals surface area contributed by atoms with E-state index in [9.17, 15) is 4.79 Å². The standard InChI is InChI=1S/C9H13N3O/c1-6-7(2)12(5-8-3-4-8)9(13)11-10-6/h8H,3-5H2,1-2H3. The van der Waals surface area contributed by atoms with Crippen LogP contribution in [-0.4, -0.2) is 14.8 Å². The summed E-state index contributed by atoms with van der Waals surface area (Å²) in [5.74, 6) is 0.694. The minimum atomic E-state index is -0.213. The molecule has 4 heteroatoms. The quantitative estimate of drug-likeness (QED) is 0.670. The molecule has 0 radical (unpaired) electrons. The zero-order valence-electron chi connectivity index (χ0n) is 7.95. The summed E-state index contributed by atoms with van der Waals surface area (Å²) in [4.78, 5) is 11.3. The number of hydrogen-bond acceptors (Lipinski definition) is 3. The van der Waals surface area contributed by atoms with Gasteiger partial charge in [-0.1, -0.05) is 5.10 Å². The Labute approximate surface area is 76.6 Å². The molecule has 0 N–H and O–H groups in total. The normalized spacial score (nSPS) is 16.2. The zero-order chi connectivity index (χ0) is 9.42. The topological polar surface area (TPSA) is 47.8 Å². The first-order chi connectivity index (χ1) is 6.18. The molecule has 70 valence electrons. The molecular formula is C9H13N3O. The average Bonchev–Trinajstić information content (AvgIpc) is 2.89. The van der Waals surface area contributed by atoms with E-state index in [1.165, 1.54) is 12.8 Å². The van der Waals surface area contributed by atoms with Gasteiger partial charge in [0.1, 0.15) is 0 Å². The summed E-state index contributed by atoms with van der Waals surface area (Å²) >= 11 is 0. The van der Waals surface area contributed by atoms with Crippen molar-refractivity contribution in [3.8, 4) is 0 Å². The molecule has 0 aliphatic heterocycles. The Balaban J connectivity index is 2.40. The van der Waals surface area contributed by atoms with E-state index in [2.05, 4.69) is 10.2 Å². The Morgan fingerprint density at radius 3 is 2.69 bits per heavy atom. The zero-order valence-corrected chi connectivity index (χ0v) is 7.95. The van der Waals surface area contributed by atoms with Crippen LogP contribution in [0.25, 0.3) is 0 Å². The summed E-state index contributed by atoms with van der Waals surface area (Å²) in [7, 11) is 0. The lowest BCUT2D eigenvalue weighted by molar-refractivity contribution is 0.558. The Morgan fingerprint density at radius 2 is 2.08 bits per heavy atom. The highest BCUT2D eigenvalue weighted by atomic mass is 16.1. The number of nitrogens with zero attached hydrogens (tertiary/aromatic N) is 3. The van der Waals surface area contributed by atoms with Crippen LogP contribution in [0.2, 0.25) is 0 Å². The molecule has 1 aliphatic rings. The van der Waals surface area contributed by atoms with Gasteiger partial charge in [0.25, 0.3) is 0 Å². The highest BCUT2D eigenvalue weighted by molar-refractivity contribution is 5.05. The van der Waals surface area contributed by atoms with Crippen molar-refractivity contribution in [1.29, 1.82) is 0 Å². The molecular weight excluding hydrogens is 166 g/mol.